The zero-order valence-corrected chi connectivity index (χ0v) is 10.7. The van der Waals surface area contributed by atoms with Crippen LogP contribution in [0, 0.1) is 0 Å². The molecule has 4 heteroatoms. The summed E-state index contributed by atoms with van der Waals surface area (Å²) in [5.74, 6) is 0. The molecule has 0 radical (unpaired) electrons. The second kappa shape index (κ2) is 7.87. The maximum atomic E-state index is 4.31. The van der Waals surface area contributed by atoms with Crippen molar-refractivity contribution in [3.63, 3.8) is 0 Å². The number of hydrogen-bond acceptors (Lipinski definition) is 4. The van der Waals surface area contributed by atoms with Gasteiger partial charge in [-0.1, -0.05) is 12.1 Å². The van der Waals surface area contributed by atoms with Crippen LogP contribution in [-0.4, -0.2) is 35.5 Å². The molecule has 2 rings (SSSR count). The van der Waals surface area contributed by atoms with E-state index in [2.05, 4.69) is 20.0 Å². The van der Waals surface area contributed by atoms with Crippen LogP contribution in [0.25, 0.3) is 0 Å². The normalized spacial score (nSPS) is 11.4. The molecule has 0 fully saturated rings. The highest BCUT2D eigenvalue weighted by Crippen LogP contribution is 1.91. The highest BCUT2D eigenvalue weighted by Gasteiger charge is 1.87. The lowest BCUT2D eigenvalue weighted by Gasteiger charge is -1.93. The zero-order valence-electron chi connectivity index (χ0n) is 10.7. The van der Waals surface area contributed by atoms with E-state index in [1.54, 1.807) is 24.8 Å². The highest BCUT2D eigenvalue weighted by molar-refractivity contribution is 5.77. The first-order valence-corrected chi connectivity index (χ1v) is 6.27. The average Bonchev–Trinajstić information content (AvgIpc) is 2.48. The summed E-state index contributed by atoms with van der Waals surface area (Å²) in [7, 11) is 0. The summed E-state index contributed by atoms with van der Waals surface area (Å²) in [5, 5.41) is 0. The maximum Gasteiger partial charge on any atom is 0.0807 e. The molecule has 0 aliphatic carbocycles. The molecule has 0 unspecified atom stereocenters. The van der Waals surface area contributed by atoms with Crippen molar-refractivity contribution in [2.24, 2.45) is 9.98 Å². The first-order chi connectivity index (χ1) is 9.45. The van der Waals surface area contributed by atoms with Crippen LogP contribution >= 0.6 is 0 Å². The van der Waals surface area contributed by atoms with E-state index in [1.807, 2.05) is 36.4 Å². The third-order valence-corrected chi connectivity index (χ3v) is 2.40. The Morgan fingerprint density at radius 1 is 0.789 bits per heavy atom. The lowest BCUT2D eigenvalue weighted by molar-refractivity contribution is 0.850. The van der Waals surface area contributed by atoms with E-state index >= 15 is 0 Å². The molecule has 0 spiro atoms. The van der Waals surface area contributed by atoms with Crippen LogP contribution in [0.2, 0.25) is 0 Å². The van der Waals surface area contributed by atoms with Crippen LogP contribution in [0.1, 0.15) is 17.8 Å². The molecule has 0 saturated carbocycles. The topological polar surface area (TPSA) is 50.5 Å². The molecule has 0 bridgehead atoms. The lowest BCUT2D eigenvalue weighted by Crippen LogP contribution is -1.91. The van der Waals surface area contributed by atoms with E-state index < -0.39 is 0 Å². The SMILES string of the molecule is C(=NCCCN=Cc1ccccn1)c1ccccn1. The molecular weight excluding hydrogens is 236 g/mol. The lowest BCUT2D eigenvalue weighted by atomic mass is 10.3. The van der Waals surface area contributed by atoms with Crippen LogP contribution in [0.4, 0.5) is 0 Å². The Morgan fingerprint density at radius 3 is 1.74 bits per heavy atom. The molecule has 96 valence electrons. The van der Waals surface area contributed by atoms with Crippen molar-refractivity contribution < 1.29 is 0 Å². The fraction of sp³-hybridized carbons (Fsp3) is 0.200. The summed E-state index contributed by atoms with van der Waals surface area (Å²) in [6, 6.07) is 11.6. The van der Waals surface area contributed by atoms with Crippen LogP contribution in [0.3, 0.4) is 0 Å². The molecule has 2 aromatic heterocycles. The summed E-state index contributed by atoms with van der Waals surface area (Å²) in [6.45, 7) is 1.52. The van der Waals surface area contributed by atoms with E-state index in [0.29, 0.717) is 0 Å². The van der Waals surface area contributed by atoms with Crippen molar-refractivity contribution in [2.45, 2.75) is 6.42 Å². The van der Waals surface area contributed by atoms with Crippen LogP contribution in [0.15, 0.2) is 58.8 Å². The van der Waals surface area contributed by atoms with Crippen molar-refractivity contribution >= 4 is 12.4 Å². The fourth-order valence-electron chi connectivity index (χ4n) is 1.47. The predicted molar refractivity (Wildman–Crippen MR) is 78.0 cm³/mol. The predicted octanol–water partition coefficient (Wildman–Crippen LogP) is 2.40. The molecule has 0 aliphatic heterocycles. The number of aromatic nitrogens is 2. The Morgan fingerprint density at radius 2 is 1.32 bits per heavy atom. The third-order valence-electron chi connectivity index (χ3n) is 2.40. The van der Waals surface area contributed by atoms with Crippen molar-refractivity contribution in [1.82, 2.24) is 9.97 Å². The highest BCUT2D eigenvalue weighted by atomic mass is 14.8. The van der Waals surface area contributed by atoms with Crippen LogP contribution < -0.4 is 0 Å². The molecule has 0 saturated heterocycles. The van der Waals surface area contributed by atoms with Gasteiger partial charge in [-0.25, -0.2) is 0 Å². The molecule has 2 aromatic rings. The standard InChI is InChI=1S/C15H16N4/c1-3-10-18-14(6-1)12-16-8-5-9-17-13-15-7-2-4-11-19-15/h1-4,6-7,10-13H,5,8-9H2. The summed E-state index contributed by atoms with van der Waals surface area (Å²) in [4.78, 5) is 16.9. The average molecular weight is 252 g/mol. The molecule has 4 nitrogen and oxygen atoms in total. The Labute approximate surface area is 113 Å². The smallest absolute Gasteiger partial charge is 0.0807 e. The summed E-state index contributed by atoms with van der Waals surface area (Å²) >= 11 is 0. The second-order valence-corrected chi connectivity index (χ2v) is 3.93. The van der Waals surface area contributed by atoms with Gasteiger partial charge in [0.2, 0.25) is 0 Å². The molecule has 0 amide bonds. The quantitative estimate of drug-likeness (QED) is 0.585. The van der Waals surface area contributed by atoms with Crippen LogP contribution in [-0.2, 0) is 0 Å². The van der Waals surface area contributed by atoms with E-state index in [1.165, 1.54) is 0 Å². The van der Waals surface area contributed by atoms with Crippen molar-refractivity contribution in [1.29, 1.82) is 0 Å². The largest absolute Gasteiger partial charge is 0.291 e. The van der Waals surface area contributed by atoms with Crippen molar-refractivity contribution in [3.05, 3.63) is 60.2 Å². The Hall–Kier alpha value is -2.36. The number of nitrogens with zero attached hydrogens (tertiary/aromatic N) is 4. The van der Waals surface area contributed by atoms with Crippen LogP contribution in [0.5, 0.6) is 0 Å². The molecule has 0 N–H and O–H groups in total. The van der Waals surface area contributed by atoms with Gasteiger partial charge in [-0.2, -0.15) is 0 Å². The van der Waals surface area contributed by atoms with E-state index in [4.69, 9.17) is 0 Å². The first-order valence-electron chi connectivity index (χ1n) is 6.27. The van der Waals surface area contributed by atoms with Gasteiger partial charge in [0, 0.05) is 37.9 Å². The van der Waals surface area contributed by atoms with Gasteiger partial charge in [0.15, 0.2) is 0 Å². The number of rotatable bonds is 6. The molecule has 0 aliphatic rings. The molecule has 0 atom stereocenters. The van der Waals surface area contributed by atoms with E-state index in [9.17, 15) is 0 Å². The Balaban J connectivity index is 1.65. The minimum Gasteiger partial charge on any atom is -0.291 e. The number of hydrogen-bond donors (Lipinski definition) is 0. The minimum absolute atomic E-state index is 0.760. The van der Waals surface area contributed by atoms with Crippen molar-refractivity contribution in [3.8, 4) is 0 Å². The molecule has 19 heavy (non-hydrogen) atoms. The number of aliphatic imine (C=N–C) groups is 2. The molecular formula is C15H16N4. The van der Waals surface area contributed by atoms with Gasteiger partial charge in [0.05, 0.1) is 11.4 Å². The van der Waals surface area contributed by atoms with Crippen molar-refractivity contribution in [2.75, 3.05) is 13.1 Å². The van der Waals surface area contributed by atoms with Gasteiger partial charge in [0.1, 0.15) is 0 Å². The monoisotopic (exact) mass is 252 g/mol. The van der Waals surface area contributed by atoms with Gasteiger partial charge in [-0.05, 0) is 30.7 Å². The summed E-state index contributed by atoms with van der Waals surface area (Å²) in [5.41, 5.74) is 1.78. The second-order valence-electron chi connectivity index (χ2n) is 3.93. The summed E-state index contributed by atoms with van der Waals surface area (Å²) < 4.78 is 0. The molecule has 0 aromatic carbocycles. The third kappa shape index (κ3) is 5.21. The first kappa shape index (κ1) is 13.1. The summed E-state index contributed by atoms with van der Waals surface area (Å²) in [6.07, 6.45) is 8.04. The minimum atomic E-state index is 0.760. The zero-order chi connectivity index (χ0) is 13.2. The van der Waals surface area contributed by atoms with Gasteiger partial charge in [-0.3, -0.25) is 20.0 Å². The van der Waals surface area contributed by atoms with Gasteiger partial charge < -0.3 is 0 Å². The molecule has 2 heterocycles. The number of pyridine rings is 2. The van der Waals surface area contributed by atoms with Gasteiger partial charge >= 0.3 is 0 Å². The van der Waals surface area contributed by atoms with Gasteiger partial charge in [0.25, 0.3) is 0 Å². The Kier molecular flexibility index (Phi) is 5.42. The maximum absolute atomic E-state index is 4.31. The van der Waals surface area contributed by atoms with Gasteiger partial charge in [-0.15, -0.1) is 0 Å². The Bertz CT molecular complexity index is 471. The van der Waals surface area contributed by atoms with E-state index in [0.717, 1.165) is 30.9 Å². The fourth-order valence-corrected chi connectivity index (χ4v) is 1.47. The van der Waals surface area contributed by atoms with E-state index in [-0.39, 0.29) is 0 Å².